The smallest absolute Gasteiger partial charge is 0.287 e. The van der Waals surface area contributed by atoms with Crippen LogP contribution in [0.1, 0.15) is 21.7 Å². The third-order valence-electron chi connectivity index (χ3n) is 4.75. The first-order chi connectivity index (χ1) is 16.6. The standard InChI is InChI=1S/C27H20BrN3O3/c28-22-13-11-20(12-14-22)25-16-15-23(34-25)18-29-31-27(33)24(17-19-7-3-1-4-8-19)30-26(32)21-9-5-2-6-10-21/h1-18H,(H,30,32)(H,31,33)/b24-17-,29-18?. The quantitative estimate of drug-likeness (QED) is 0.191. The van der Waals surface area contributed by atoms with Crippen molar-refractivity contribution in [1.82, 2.24) is 10.7 Å². The van der Waals surface area contributed by atoms with E-state index in [1.807, 2.05) is 66.7 Å². The summed E-state index contributed by atoms with van der Waals surface area (Å²) >= 11 is 3.41. The molecule has 34 heavy (non-hydrogen) atoms. The van der Waals surface area contributed by atoms with Gasteiger partial charge in [0.05, 0.1) is 6.21 Å². The molecule has 0 spiro atoms. The van der Waals surface area contributed by atoms with E-state index in [9.17, 15) is 9.59 Å². The third-order valence-corrected chi connectivity index (χ3v) is 5.28. The Morgan fingerprint density at radius 3 is 2.21 bits per heavy atom. The van der Waals surface area contributed by atoms with E-state index in [2.05, 4.69) is 31.8 Å². The van der Waals surface area contributed by atoms with Crippen molar-refractivity contribution in [3.63, 3.8) is 0 Å². The lowest BCUT2D eigenvalue weighted by atomic mass is 10.1. The molecule has 0 aliphatic heterocycles. The highest BCUT2D eigenvalue weighted by Crippen LogP contribution is 2.23. The molecule has 3 aromatic carbocycles. The number of hydrazone groups is 1. The SMILES string of the molecule is O=C(NN=Cc1ccc(-c2ccc(Br)cc2)o1)/C(=C/c1ccccc1)NC(=O)c1ccccc1. The van der Waals surface area contributed by atoms with Gasteiger partial charge in [-0.2, -0.15) is 5.10 Å². The summed E-state index contributed by atoms with van der Waals surface area (Å²) in [5.74, 6) is 0.191. The fourth-order valence-electron chi connectivity index (χ4n) is 3.06. The number of benzene rings is 3. The maximum Gasteiger partial charge on any atom is 0.287 e. The fourth-order valence-corrected chi connectivity index (χ4v) is 3.33. The normalized spacial score (nSPS) is 11.4. The minimum Gasteiger partial charge on any atom is -0.455 e. The van der Waals surface area contributed by atoms with Gasteiger partial charge in [-0.3, -0.25) is 9.59 Å². The van der Waals surface area contributed by atoms with Gasteiger partial charge in [0.2, 0.25) is 0 Å². The average Bonchev–Trinajstić information content (AvgIpc) is 3.34. The van der Waals surface area contributed by atoms with Gasteiger partial charge in [0.15, 0.2) is 0 Å². The lowest BCUT2D eigenvalue weighted by Crippen LogP contribution is -2.32. The molecule has 1 aromatic heterocycles. The van der Waals surface area contributed by atoms with Crippen LogP contribution in [0.3, 0.4) is 0 Å². The highest BCUT2D eigenvalue weighted by atomic mass is 79.9. The Bertz CT molecular complexity index is 1330. The molecule has 4 aromatic rings. The summed E-state index contributed by atoms with van der Waals surface area (Å²) in [5, 5.41) is 6.66. The second-order valence-corrected chi connectivity index (χ2v) is 8.11. The van der Waals surface area contributed by atoms with Crippen LogP contribution in [0.2, 0.25) is 0 Å². The Kier molecular flexibility index (Phi) is 7.47. The number of amides is 2. The number of hydrogen-bond donors (Lipinski definition) is 2. The highest BCUT2D eigenvalue weighted by Gasteiger charge is 2.14. The van der Waals surface area contributed by atoms with E-state index >= 15 is 0 Å². The molecule has 0 bridgehead atoms. The number of carbonyl (C=O) groups excluding carboxylic acids is 2. The number of furan rings is 1. The highest BCUT2D eigenvalue weighted by molar-refractivity contribution is 9.10. The summed E-state index contributed by atoms with van der Waals surface area (Å²) in [5.41, 5.74) is 4.63. The zero-order valence-corrected chi connectivity index (χ0v) is 19.5. The van der Waals surface area contributed by atoms with Crippen LogP contribution in [0.4, 0.5) is 0 Å². The van der Waals surface area contributed by atoms with Gasteiger partial charge in [0.25, 0.3) is 11.8 Å². The number of nitrogens with one attached hydrogen (secondary N) is 2. The number of nitrogens with zero attached hydrogens (tertiary/aromatic N) is 1. The zero-order valence-electron chi connectivity index (χ0n) is 17.9. The summed E-state index contributed by atoms with van der Waals surface area (Å²) in [6.07, 6.45) is 2.99. The van der Waals surface area contributed by atoms with Crippen LogP contribution in [0.15, 0.2) is 117 Å². The van der Waals surface area contributed by atoms with E-state index in [1.165, 1.54) is 6.21 Å². The second-order valence-electron chi connectivity index (χ2n) is 7.20. The molecule has 0 fully saturated rings. The van der Waals surface area contributed by atoms with Crippen molar-refractivity contribution in [2.45, 2.75) is 0 Å². The van der Waals surface area contributed by atoms with Gasteiger partial charge >= 0.3 is 0 Å². The molecule has 0 unspecified atom stereocenters. The Morgan fingerprint density at radius 2 is 1.50 bits per heavy atom. The molecule has 0 atom stereocenters. The van der Waals surface area contributed by atoms with Crippen molar-refractivity contribution in [1.29, 1.82) is 0 Å². The topological polar surface area (TPSA) is 83.7 Å². The molecule has 6 nitrogen and oxygen atoms in total. The summed E-state index contributed by atoms with van der Waals surface area (Å²) in [6.45, 7) is 0. The monoisotopic (exact) mass is 513 g/mol. The predicted molar refractivity (Wildman–Crippen MR) is 136 cm³/mol. The van der Waals surface area contributed by atoms with Crippen LogP contribution in [0.25, 0.3) is 17.4 Å². The van der Waals surface area contributed by atoms with E-state index in [0.29, 0.717) is 17.1 Å². The Balaban J connectivity index is 1.47. The van der Waals surface area contributed by atoms with Crippen molar-refractivity contribution in [2.24, 2.45) is 5.10 Å². The average molecular weight is 514 g/mol. The summed E-state index contributed by atoms with van der Waals surface area (Å²) in [4.78, 5) is 25.4. The third kappa shape index (κ3) is 6.17. The minimum absolute atomic E-state index is 0.0622. The number of carbonyl (C=O) groups is 2. The van der Waals surface area contributed by atoms with E-state index < -0.39 is 11.8 Å². The molecule has 0 radical (unpaired) electrons. The van der Waals surface area contributed by atoms with Gasteiger partial charge in [-0.15, -0.1) is 0 Å². The zero-order chi connectivity index (χ0) is 23.8. The van der Waals surface area contributed by atoms with Crippen molar-refractivity contribution in [2.75, 3.05) is 0 Å². The molecule has 0 saturated heterocycles. The molecule has 0 aliphatic carbocycles. The van der Waals surface area contributed by atoms with E-state index in [1.54, 1.807) is 36.4 Å². The van der Waals surface area contributed by atoms with Crippen molar-refractivity contribution >= 4 is 40.0 Å². The van der Waals surface area contributed by atoms with Crippen LogP contribution in [-0.4, -0.2) is 18.0 Å². The molecule has 2 amide bonds. The Morgan fingerprint density at radius 1 is 0.824 bits per heavy atom. The molecule has 1 heterocycles. The Labute approximate surface area is 205 Å². The van der Waals surface area contributed by atoms with Gasteiger partial charge < -0.3 is 9.73 Å². The summed E-state index contributed by atoms with van der Waals surface area (Å²) in [6, 6.07) is 29.2. The summed E-state index contributed by atoms with van der Waals surface area (Å²) in [7, 11) is 0. The van der Waals surface area contributed by atoms with Crippen LogP contribution in [0, 0.1) is 0 Å². The maximum absolute atomic E-state index is 12.8. The number of rotatable bonds is 7. The lowest BCUT2D eigenvalue weighted by Gasteiger charge is -2.09. The largest absolute Gasteiger partial charge is 0.455 e. The lowest BCUT2D eigenvalue weighted by molar-refractivity contribution is -0.117. The molecule has 0 aliphatic rings. The van der Waals surface area contributed by atoms with E-state index in [-0.39, 0.29) is 5.70 Å². The fraction of sp³-hybridized carbons (Fsp3) is 0. The number of halogens is 1. The van der Waals surface area contributed by atoms with Gasteiger partial charge in [0.1, 0.15) is 17.2 Å². The minimum atomic E-state index is -0.566. The van der Waals surface area contributed by atoms with Crippen molar-refractivity contribution in [3.8, 4) is 11.3 Å². The molecule has 2 N–H and O–H groups in total. The van der Waals surface area contributed by atoms with Crippen LogP contribution < -0.4 is 10.7 Å². The Hall–Kier alpha value is -4.23. The first-order valence-electron chi connectivity index (χ1n) is 10.4. The van der Waals surface area contributed by atoms with Crippen LogP contribution in [0.5, 0.6) is 0 Å². The van der Waals surface area contributed by atoms with E-state index in [0.717, 1.165) is 15.6 Å². The molecule has 0 saturated carbocycles. The molecular formula is C27H20BrN3O3. The number of hydrogen-bond acceptors (Lipinski definition) is 4. The molecule has 7 heteroatoms. The van der Waals surface area contributed by atoms with Gasteiger partial charge in [-0.25, -0.2) is 5.43 Å². The molecular weight excluding hydrogens is 494 g/mol. The predicted octanol–water partition coefficient (Wildman–Crippen LogP) is 5.63. The van der Waals surface area contributed by atoms with Crippen molar-refractivity contribution < 1.29 is 14.0 Å². The van der Waals surface area contributed by atoms with Gasteiger partial charge in [-0.1, -0.05) is 76.6 Å². The van der Waals surface area contributed by atoms with E-state index in [4.69, 9.17) is 4.42 Å². The van der Waals surface area contributed by atoms with Crippen LogP contribution >= 0.6 is 15.9 Å². The van der Waals surface area contributed by atoms with Crippen molar-refractivity contribution in [3.05, 3.63) is 124 Å². The molecule has 4 rings (SSSR count). The van der Waals surface area contributed by atoms with Gasteiger partial charge in [-0.05, 0) is 48.0 Å². The molecule has 168 valence electrons. The first-order valence-corrected chi connectivity index (χ1v) is 11.2. The van der Waals surface area contributed by atoms with Crippen LogP contribution in [-0.2, 0) is 4.79 Å². The maximum atomic E-state index is 12.8. The van der Waals surface area contributed by atoms with Gasteiger partial charge in [0, 0.05) is 15.6 Å². The second kappa shape index (κ2) is 11.1. The first kappa shape index (κ1) is 22.9. The summed E-state index contributed by atoms with van der Waals surface area (Å²) < 4.78 is 6.75.